The zero-order chi connectivity index (χ0) is 19.5. The van der Waals surface area contributed by atoms with Crippen molar-refractivity contribution in [2.75, 3.05) is 19.8 Å². The van der Waals surface area contributed by atoms with Gasteiger partial charge in [-0.1, -0.05) is 0 Å². The molecule has 1 aliphatic heterocycles. The number of aliphatic hydroxyl groups excluding tert-OH is 2. The Labute approximate surface area is 143 Å². The normalized spacial score (nSPS) is 26.0. The van der Waals surface area contributed by atoms with Crippen LogP contribution in [0.5, 0.6) is 0 Å². The summed E-state index contributed by atoms with van der Waals surface area (Å²) in [5, 5.41) is 20.9. The van der Waals surface area contributed by atoms with E-state index in [0.29, 0.717) is 0 Å². The number of aromatic nitrogens is 2. The first-order chi connectivity index (χ1) is 12.1. The van der Waals surface area contributed by atoms with Crippen LogP contribution in [0.2, 0.25) is 0 Å². The van der Waals surface area contributed by atoms with Crippen molar-refractivity contribution < 1.29 is 37.7 Å². The van der Waals surface area contributed by atoms with Gasteiger partial charge >= 0.3 is 17.8 Å². The third kappa shape index (κ3) is 4.49. The van der Waals surface area contributed by atoms with Gasteiger partial charge in [0.1, 0.15) is 18.3 Å². The van der Waals surface area contributed by atoms with Crippen molar-refractivity contribution in [2.45, 2.75) is 30.7 Å². The molecule has 13 heteroatoms. The molecule has 10 nitrogen and oxygen atoms in total. The Bertz CT molecular complexity index is 747. The third-order valence-electron chi connectivity index (χ3n) is 3.57. The minimum Gasteiger partial charge on any atom is -0.394 e. The first-order valence-electron chi connectivity index (χ1n) is 7.37. The lowest BCUT2D eigenvalue weighted by Gasteiger charge is -2.22. The molecular formula is C13H16F3N3O7. The first kappa shape index (κ1) is 20.1. The van der Waals surface area contributed by atoms with Crippen molar-refractivity contribution >= 4 is 5.91 Å². The summed E-state index contributed by atoms with van der Waals surface area (Å²) >= 11 is 0. The van der Waals surface area contributed by atoms with Crippen molar-refractivity contribution in [3.8, 4) is 0 Å². The molecule has 1 aromatic rings. The van der Waals surface area contributed by atoms with Crippen LogP contribution in [-0.4, -0.2) is 69.9 Å². The fourth-order valence-corrected chi connectivity index (χ4v) is 2.36. The number of alkyl halides is 3. The largest absolute Gasteiger partial charge is 0.471 e. The van der Waals surface area contributed by atoms with E-state index in [2.05, 4.69) is 0 Å². The average molecular weight is 383 g/mol. The topological polar surface area (TPSA) is 143 Å². The minimum absolute atomic E-state index is 0.431. The van der Waals surface area contributed by atoms with E-state index < -0.39 is 67.6 Å². The number of amides is 1. The Morgan fingerprint density at radius 2 is 2.12 bits per heavy atom. The Kier molecular flexibility index (Phi) is 6.17. The monoisotopic (exact) mass is 383 g/mol. The van der Waals surface area contributed by atoms with Gasteiger partial charge in [0.25, 0.3) is 5.56 Å². The number of rotatable bonds is 6. The van der Waals surface area contributed by atoms with E-state index in [1.165, 1.54) is 0 Å². The Balaban J connectivity index is 2.06. The number of nitrogens with one attached hydrogen (secondary N) is 2. The molecule has 1 saturated heterocycles. The van der Waals surface area contributed by atoms with Gasteiger partial charge in [-0.2, -0.15) is 13.2 Å². The second-order valence-corrected chi connectivity index (χ2v) is 5.34. The van der Waals surface area contributed by atoms with Gasteiger partial charge in [0.05, 0.1) is 13.2 Å². The molecule has 1 fully saturated rings. The second kappa shape index (κ2) is 7.99. The minimum atomic E-state index is -5.04. The summed E-state index contributed by atoms with van der Waals surface area (Å²) in [7, 11) is 0. The number of halogens is 3. The molecule has 26 heavy (non-hydrogen) atoms. The molecule has 0 aromatic carbocycles. The number of hydrogen-bond acceptors (Lipinski definition) is 7. The highest BCUT2D eigenvalue weighted by atomic mass is 19.4. The molecular weight excluding hydrogens is 367 g/mol. The molecule has 4 N–H and O–H groups in total. The quantitative estimate of drug-likeness (QED) is 0.410. The number of hydrogen-bond donors (Lipinski definition) is 4. The summed E-state index contributed by atoms with van der Waals surface area (Å²) in [5.74, 6) is -2.15. The lowest BCUT2D eigenvalue weighted by Crippen LogP contribution is -2.42. The molecule has 1 aliphatic rings. The van der Waals surface area contributed by atoms with Crippen molar-refractivity contribution in [3.05, 3.63) is 33.1 Å². The molecule has 0 radical (unpaired) electrons. The lowest BCUT2D eigenvalue weighted by molar-refractivity contribution is -0.174. The van der Waals surface area contributed by atoms with Gasteiger partial charge in [0.15, 0.2) is 6.23 Å². The first-order valence-corrected chi connectivity index (χ1v) is 7.37. The predicted molar refractivity (Wildman–Crippen MR) is 77.1 cm³/mol. The van der Waals surface area contributed by atoms with Gasteiger partial charge in [-0.25, -0.2) is 4.79 Å². The average Bonchev–Trinajstić information content (AvgIpc) is 2.86. The van der Waals surface area contributed by atoms with E-state index in [9.17, 15) is 37.8 Å². The Hall–Kier alpha value is -2.22. The number of ether oxygens (including phenoxy) is 2. The highest BCUT2D eigenvalue weighted by Crippen LogP contribution is 2.30. The number of carbonyl (C=O) groups is 1. The summed E-state index contributed by atoms with van der Waals surface area (Å²) in [6.45, 7) is -1.56. The van der Waals surface area contributed by atoms with Gasteiger partial charge in [-0.15, -0.1) is 0 Å². The molecule has 1 amide bonds. The summed E-state index contributed by atoms with van der Waals surface area (Å²) in [6, 6.07) is 1.02. The standard InChI is InChI=1S/C13H16F3N3O7/c14-13(15,16)11(23)17-2-4-25-9-8(22)6(5-20)26-10(9)19-3-1-7(21)18-12(19)24/h1,3,6,8-10,20,22H,2,4-5H2,(H,17,23)(H,18,21,24)/t6-,8-,9-,10-/m1/s1. The summed E-state index contributed by atoms with van der Waals surface area (Å²) in [6.07, 6.45) is -8.96. The maximum Gasteiger partial charge on any atom is 0.471 e. The Morgan fingerprint density at radius 3 is 2.69 bits per heavy atom. The van der Waals surface area contributed by atoms with Crippen LogP contribution < -0.4 is 16.6 Å². The number of aromatic amines is 1. The predicted octanol–water partition coefficient (Wildman–Crippen LogP) is -2.15. The smallest absolute Gasteiger partial charge is 0.394 e. The van der Waals surface area contributed by atoms with Gasteiger partial charge in [-0.3, -0.25) is 19.1 Å². The maximum absolute atomic E-state index is 12.1. The van der Waals surface area contributed by atoms with Crippen LogP contribution in [0.1, 0.15) is 6.23 Å². The van der Waals surface area contributed by atoms with E-state index in [0.717, 1.165) is 16.8 Å². The van der Waals surface area contributed by atoms with Crippen LogP contribution in [-0.2, 0) is 14.3 Å². The fourth-order valence-electron chi connectivity index (χ4n) is 2.36. The van der Waals surface area contributed by atoms with Crippen molar-refractivity contribution in [3.63, 3.8) is 0 Å². The van der Waals surface area contributed by atoms with Crippen LogP contribution in [0.15, 0.2) is 21.9 Å². The van der Waals surface area contributed by atoms with Gasteiger partial charge in [0.2, 0.25) is 0 Å². The Morgan fingerprint density at radius 1 is 1.42 bits per heavy atom. The fraction of sp³-hybridized carbons (Fsp3) is 0.615. The van der Waals surface area contributed by atoms with E-state index >= 15 is 0 Å². The molecule has 0 bridgehead atoms. The van der Waals surface area contributed by atoms with Crippen molar-refractivity contribution in [1.29, 1.82) is 0 Å². The van der Waals surface area contributed by atoms with E-state index in [4.69, 9.17) is 9.47 Å². The van der Waals surface area contributed by atoms with Crippen LogP contribution in [0.3, 0.4) is 0 Å². The van der Waals surface area contributed by atoms with E-state index in [-0.39, 0.29) is 0 Å². The van der Waals surface area contributed by atoms with Crippen LogP contribution in [0, 0.1) is 0 Å². The third-order valence-corrected chi connectivity index (χ3v) is 3.57. The highest BCUT2D eigenvalue weighted by Gasteiger charge is 2.45. The van der Waals surface area contributed by atoms with Crippen LogP contribution in [0.4, 0.5) is 13.2 Å². The summed E-state index contributed by atoms with van der Waals surface area (Å²) in [5.41, 5.74) is -1.54. The van der Waals surface area contributed by atoms with Crippen LogP contribution >= 0.6 is 0 Å². The second-order valence-electron chi connectivity index (χ2n) is 5.34. The summed E-state index contributed by atoms with van der Waals surface area (Å²) < 4.78 is 47.7. The molecule has 2 heterocycles. The number of nitrogens with zero attached hydrogens (tertiary/aromatic N) is 1. The molecule has 2 rings (SSSR count). The molecule has 0 spiro atoms. The molecule has 1 aromatic heterocycles. The zero-order valence-corrected chi connectivity index (χ0v) is 13.1. The van der Waals surface area contributed by atoms with Crippen molar-refractivity contribution in [1.82, 2.24) is 14.9 Å². The van der Waals surface area contributed by atoms with Gasteiger partial charge < -0.3 is 25.0 Å². The van der Waals surface area contributed by atoms with E-state index in [1.807, 2.05) is 4.98 Å². The van der Waals surface area contributed by atoms with Crippen molar-refractivity contribution in [2.24, 2.45) is 0 Å². The van der Waals surface area contributed by atoms with Gasteiger partial charge in [-0.05, 0) is 0 Å². The lowest BCUT2D eigenvalue weighted by atomic mass is 10.1. The molecule has 0 aliphatic carbocycles. The number of carbonyl (C=O) groups excluding carboxylic acids is 1. The summed E-state index contributed by atoms with van der Waals surface area (Å²) in [4.78, 5) is 35.6. The molecule has 146 valence electrons. The maximum atomic E-state index is 12.1. The number of aliphatic hydroxyl groups is 2. The highest BCUT2D eigenvalue weighted by molar-refractivity contribution is 5.81. The SMILES string of the molecule is O=C(NCCO[C@@H]1[C@H](O)[C@@H](CO)O[C@H]1n1ccc(=O)[nH]c1=O)C(F)(F)F. The van der Waals surface area contributed by atoms with Gasteiger partial charge in [0, 0.05) is 18.8 Å². The van der Waals surface area contributed by atoms with Crippen LogP contribution in [0.25, 0.3) is 0 Å². The molecule has 0 saturated carbocycles. The van der Waals surface area contributed by atoms with E-state index in [1.54, 1.807) is 5.32 Å². The zero-order valence-electron chi connectivity index (χ0n) is 13.1. The number of H-pyrrole nitrogens is 1. The molecule has 4 atom stereocenters. The molecule has 0 unspecified atom stereocenters.